The van der Waals surface area contributed by atoms with Crippen molar-refractivity contribution in [2.45, 2.75) is 25.7 Å². The second-order valence-electron chi connectivity index (χ2n) is 5.68. The number of hydrogen-bond acceptors (Lipinski definition) is 5. The van der Waals surface area contributed by atoms with E-state index in [1.54, 1.807) is 4.68 Å². The summed E-state index contributed by atoms with van der Waals surface area (Å²) >= 11 is 0. The van der Waals surface area contributed by atoms with Crippen molar-refractivity contribution >= 4 is 17.2 Å². The van der Waals surface area contributed by atoms with Crippen LogP contribution in [-0.4, -0.2) is 28.8 Å². The number of carbonyl (C=O) groups excluding carboxylic acids is 1. The highest BCUT2D eigenvalue weighted by atomic mass is 16.5. The van der Waals surface area contributed by atoms with Crippen LogP contribution >= 0.6 is 0 Å². The van der Waals surface area contributed by atoms with E-state index in [4.69, 9.17) is 4.74 Å². The number of azo groups is 1. The Hall–Kier alpha value is -2.34. The Morgan fingerprint density at radius 2 is 1.91 bits per heavy atom. The molecular weight excluding hydrogens is 292 g/mol. The molecule has 0 bridgehead atoms. The first-order valence-electron chi connectivity index (χ1n) is 7.79. The summed E-state index contributed by atoms with van der Waals surface area (Å²) in [4.78, 5) is 11.9. The highest BCUT2D eigenvalue weighted by Gasteiger charge is 2.27. The lowest BCUT2D eigenvalue weighted by molar-refractivity contribution is 0.0838. The summed E-state index contributed by atoms with van der Waals surface area (Å²) in [5.41, 5.74) is 2.70. The lowest BCUT2D eigenvalue weighted by Gasteiger charge is -2.22. The fourth-order valence-corrected chi connectivity index (χ4v) is 2.89. The van der Waals surface area contributed by atoms with E-state index in [-0.39, 0.29) is 5.78 Å². The van der Waals surface area contributed by atoms with Gasteiger partial charge in [-0.15, -0.1) is 5.11 Å². The highest BCUT2D eigenvalue weighted by Crippen LogP contribution is 2.36. The third-order valence-electron chi connectivity index (χ3n) is 4.03. The minimum Gasteiger partial charge on any atom is -0.381 e. The van der Waals surface area contributed by atoms with Crippen LogP contribution in [0.15, 0.2) is 40.6 Å². The van der Waals surface area contributed by atoms with Gasteiger partial charge in [-0.05, 0) is 25.0 Å². The molecule has 1 aliphatic heterocycles. The normalized spacial score (nSPS) is 16.1. The SMILES string of the molecule is CC(=O)c1nn(C)c(C2CCOCC2)c1N=Nc1ccccc1. The molecule has 6 nitrogen and oxygen atoms in total. The molecule has 2 aromatic rings. The third-order valence-corrected chi connectivity index (χ3v) is 4.03. The molecule has 6 heteroatoms. The van der Waals surface area contributed by atoms with Crippen molar-refractivity contribution in [2.24, 2.45) is 17.3 Å². The van der Waals surface area contributed by atoms with Gasteiger partial charge in [-0.3, -0.25) is 9.48 Å². The molecule has 0 aliphatic carbocycles. The van der Waals surface area contributed by atoms with Crippen LogP contribution in [-0.2, 0) is 11.8 Å². The van der Waals surface area contributed by atoms with Gasteiger partial charge in [0, 0.05) is 33.1 Å². The number of benzene rings is 1. The van der Waals surface area contributed by atoms with Crippen molar-refractivity contribution in [3.8, 4) is 0 Å². The van der Waals surface area contributed by atoms with Crippen molar-refractivity contribution < 1.29 is 9.53 Å². The quantitative estimate of drug-likeness (QED) is 0.634. The molecule has 0 N–H and O–H groups in total. The summed E-state index contributed by atoms with van der Waals surface area (Å²) in [6, 6.07) is 9.49. The molecular formula is C17H20N4O2. The number of aromatic nitrogens is 2. The van der Waals surface area contributed by atoms with Crippen LogP contribution in [0.1, 0.15) is 41.9 Å². The molecule has 0 unspecified atom stereocenters. The van der Waals surface area contributed by atoms with Gasteiger partial charge < -0.3 is 4.74 Å². The third kappa shape index (κ3) is 3.37. The molecule has 1 aromatic carbocycles. The Labute approximate surface area is 135 Å². The Morgan fingerprint density at radius 1 is 1.22 bits per heavy atom. The maximum atomic E-state index is 11.9. The standard InChI is InChI=1S/C17H20N4O2/c1-12(22)15-16(19-18-14-6-4-3-5-7-14)17(21(2)20-15)13-8-10-23-11-9-13/h3-7,13H,8-11H2,1-2H3. The first-order valence-corrected chi connectivity index (χ1v) is 7.79. The van der Waals surface area contributed by atoms with Gasteiger partial charge in [0.15, 0.2) is 11.5 Å². The molecule has 1 fully saturated rings. The molecule has 1 aliphatic rings. The monoisotopic (exact) mass is 312 g/mol. The maximum Gasteiger partial charge on any atom is 0.182 e. The van der Waals surface area contributed by atoms with Gasteiger partial charge in [-0.25, -0.2) is 0 Å². The van der Waals surface area contributed by atoms with Gasteiger partial charge in [0.05, 0.1) is 11.4 Å². The maximum absolute atomic E-state index is 11.9. The Kier molecular flexibility index (Phi) is 4.62. The van der Waals surface area contributed by atoms with Crippen molar-refractivity contribution in [1.82, 2.24) is 9.78 Å². The predicted octanol–water partition coefficient (Wildman–Crippen LogP) is 3.93. The van der Waals surface area contributed by atoms with Crippen LogP contribution in [0.4, 0.5) is 11.4 Å². The number of rotatable bonds is 4. The van der Waals surface area contributed by atoms with E-state index in [9.17, 15) is 4.79 Å². The van der Waals surface area contributed by atoms with Gasteiger partial charge in [0.2, 0.25) is 0 Å². The molecule has 23 heavy (non-hydrogen) atoms. The predicted molar refractivity (Wildman–Crippen MR) is 86.6 cm³/mol. The molecule has 0 amide bonds. The molecule has 3 rings (SSSR count). The van der Waals surface area contributed by atoms with Gasteiger partial charge in [-0.2, -0.15) is 10.2 Å². The van der Waals surface area contributed by atoms with E-state index < -0.39 is 0 Å². The molecule has 0 saturated carbocycles. The first kappa shape index (κ1) is 15.6. The Balaban J connectivity index is 2.01. The average molecular weight is 312 g/mol. The molecule has 0 radical (unpaired) electrons. The fourth-order valence-electron chi connectivity index (χ4n) is 2.89. The van der Waals surface area contributed by atoms with E-state index in [2.05, 4.69) is 15.3 Å². The van der Waals surface area contributed by atoms with E-state index in [1.165, 1.54) is 6.92 Å². The molecule has 0 spiro atoms. The van der Waals surface area contributed by atoms with Crippen LogP contribution < -0.4 is 0 Å². The molecule has 120 valence electrons. The Morgan fingerprint density at radius 3 is 2.57 bits per heavy atom. The molecule has 2 heterocycles. The van der Waals surface area contributed by atoms with E-state index in [1.807, 2.05) is 37.4 Å². The minimum absolute atomic E-state index is 0.0964. The number of carbonyl (C=O) groups is 1. The van der Waals surface area contributed by atoms with E-state index in [0.29, 0.717) is 17.3 Å². The lowest BCUT2D eigenvalue weighted by Crippen LogP contribution is -2.16. The Bertz CT molecular complexity index is 716. The zero-order chi connectivity index (χ0) is 16.2. The number of hydrogen-bond donors (Lipinski definition) is 0. The lowest BCUT2D eigenvalue weighted by atomic mass is 9.95. The highest BCUT2D eigenvalue weighted by molar-refractivity contribution is 5.97. The van der Waals surface area contributed by atoms with Gasteiger partial charge >= 0.3 is 0 Å². The summed E-state index contributed by atoms with van der Waals surface area (Å²) in [6.45, 7) is 2.96. The zero-order valence-corrected chi connectivity index (χ0v) is 13.4. The number of ketones is 1. The topological polar surface area (TPSA) is 68.8 Å². The second kappa shape index (κ2) is 6.83. The van der Waals surface area contributed by atoms with Crippen LogP contribution in [0.2, 0.25) is 0 Å². The summed E-state index contributed by atoms with van der Waals surface area (Å²) < 4.78 is 7.20. The average Bonchev–Trinajstić information content (AvgIpc) is 2.91. The van der Waals surface area contributed by atoms with Crippen molar-refractivity contribution in [1.29, 1.82) is 0 Å². The number of nitrogens with zero attached hydrogens (tertiary/aromatic N) is 4. The van der Waals surface area contributed by atoms with Gasteiger partial charge in [0.25, 0.3) is 0 Å². The summed E-state index contributed by atoms with van der Waals surface area (Å²) in [7, 11) is 1.86. The van der Waals surface area contributed by atoms with Crippen molar-refractivity contribution in [3.63, 3.8) is 0 Å². The van der Waals surface area contributed by atoms with Crippen molar-refractivity contribution in [3.05, 3.63) is 41.7 Å². The van der Waals surface area contributed by atoms with Crippen LogP contribution in [0.25, 0.3) is 0 Å². The minimum atomic E-state index is -0.0964. The number of Topliss-reactive ketones (excluding diaryl/α,β-unsaturated/α-hetero) is 1. The largest absolute Gasteiger partial charge is 0.381 e. The van der Waals surface area contributed by atoms with Gasteiger partial charge in [0.1, 0.15) is 5.69 Å². The molecule has 1 aromatic heterocycles. The van der Waals surface area contributed by atoms with Crippen molar-refractivity contribution in [2.75, 3.05) is 13.2 Å². The number of ether oxygens (including phenoxy) is 1. The van der Waals surface area contributed by atoms with Crippen LogP contribution in [0.5, 0.6) is 0 Å². The first-order chi connectivity index (χ1) is 11.2. The second-order valence-corrected chi connectivity index (χ2v) is 5.68. The molecule has 1 saturated heterocycles. The van der Waals surface area contributed by atoms with E-state index in [0.717, 1.165) is 37.4 Å². The van der Waals surface area contributed by atoms with Gasteiger partial charge in [-0.1, -0.05) is 18.2 Å². The zero-order valence-electron chi connectivity index (χ0n) is 13.4. The number of aryl methyl sites for hydroxylation is 1. The fraction of sp³-hybridized carbons (Fsp3) is 0.412. The summed E-state index contributed by atoms with van der Waals surface area (Å²) in [6.07, 6.45) is 1.81. The molecule has 0 atom stereocenters. The summed E-state index contributed by atoms with van der Waals surface area (Å²) in [5.74, 6) is 0.194. The van der Waals surface area contributed by atoms with Crippen LogP contribution in [0.3, 0.4) is 0 Å². The summed E-state index contributed by atoms with van der Waals surface area (Å²) in [5, 5.41) is 13.0. The smallest absolute Gasteiger partial charge is 0.182 e. The van der Waals surface area contributed by atoms with E-state index >= 15 is 0 Å². The van der Waals surface area contributed by atoms with Crippen LogP contribution in [0, 0.1) is 0 Å².